The van der Waals surface area contributed by atoms with Gasteiger partial charge in [-0.15, -0.1) is 0 Å². The third-order valence-corrected chi connectivity index (χ3v) is 9.63. The van der Waals surface area contributed by atoms with Crippen molar-refractivity contribution in [2.45, 2.75) is 39.0 Å². The van der Waals surface area contributed by atoms with Crippen molar-refractivity contribution >= 4 is 78.2 Å². The number of rotatable bonds is 9. The molecule has 0 atom stereocenters. The minimum absolute atomic E-state index is 0.539. The molecule has 0 saturated carbocycles. The van der Waals surface area contributed by atoms with Crippen molar-refractivity contribution in [3.05, 3.63) is 73.7 Å². The van der Waals surface area contributed by atoms with Gasteiger partial charge < -0.3 is 24.2 Å². The summed E-state index contributed by atoms with van der Waals surface area (Å²) in [4.78, 5) is 17.4. The van der Waals surface area contributed by atoms with Gasteiger partial charge in [0.15, 0.2) is 11.5 Å². The Morgan fingerprint density at radius 2 is 1.14 bits per heavy atom. The van der Waals surface area contributed by atoms with E-state index in [1.807, 2.05) is 12.1 Å². The second-order valence-electron chi connectivity index (χ2n) is 10.7. The van der Waals surface area contributed by atoms with Crippen LogP contribution in [0.4, 0.5) is 0 Å². The van der Waals surface area contributed by atoms with Gasteiger partial charge in [-0.05, 0) is 111 Å². The number of aromatic nitrogens is 4. The SMILES string of the molecule is CCCCCCc1c2nc(c(Br)c3ccc([nH]3)c(-c3cc(OC)c(OC)c(OC)c3)c3ccc([nH]3)c(Br)c3nc1C=C3)C=C2. The van der Waals surface area contributed by atoms with Crippen molar-refractivity contribution in [3.8, 4) is 28.4 Å². The van der Waals surface area contributed by atoms with E-state index in [9.17, 15) is 0 Å². The van der Waals surface area contributed by atoms with Crippen molar-refractivity contribution in [3.63, 3.8) is 0 Å². The molecule has 2 aliphatic heterocycles. The third-order valence-electron chi connectivity index (χ3n) is 7.97. The number of methoxy groups -OCH3 is 3. The Kier molecular flexibility index (Phi) is 8.96. The number of hydrogen-bond donors (Lipinski definition) is 2. The van der Waals surface area contributed by atoms with Crippen LogP contribution < -0.4 is 14.2 Å². The average molecular weight is 718 g/mol. The van der Waals surface area contributed by atoms with Gasteiger partial charge in [0.1, 0.15) is 0 Å². The lowest BCUT2D eigenvalue weighted by molar-refractivity contribution is 0.324. The average Bonchev–Trinajstić information content (AvgIpc) is 3.87. The first-order valence-corrected chi connectivity index (χ1v) is 16.3. The molecule has 44 heavy (non-hydrogen) atoms. The highest BCUT2D eigenvalue weighted by Crippen LogP contribution is 2.43. The summed E-state index contributed by atoms with van der Waals surface area (Å²) < 4.78 is 18.8. The lowest BCUT2D eigenvalue weighted by atomic mass is 10.0. The lowest BCUT2D eigenvalue weighted by Gasteiger charge is -2.14. The number of fused-ring (bicyclic) bond motifs is 8. The Morgan fingerprint density at radius 3 is 1.61 bits per heavy atom. The zero-order valence-electron chi connectivity index (χ0n) is 25.2. The topological polar surface area (TPSA) is 85.0 Å². The van der Waals surface area contributed by atoms with Crippen LogP contribution in [0.1, 0.15) is 60.9 Å². The molecule has 0 amide bonds. The summed E-state index contributed by atoms with van der Waals surface area (Å²) in [6, 6.07) is 12.2. The molecule has 2 N–H and O–H groups in total. The highest BCUT2D eigenvalue weighted by molar-refractivity contribution is 9.11. The van der Waals surface area contributed by atoms with Gasteiger partial charge in [0, 0.05) is 22.2 Å². The second-order valence-corrected chi connectivity index (χ2v) is 12.3. The van der Waals surface area contributed by atoms with Crippen LogP contribution >= 0.6 is 31.9 Å². The molecule has 5 heterocycles. The van der Waals surface area contributed by atoms with Gasteiger partial charge >= 0.3 is 0 Å². The quantitative estimate of drug-likeness (QED) is 0.146. The minimum atomic E-state index is 0.539. The van der Waals surface area contributed by atoms with E-state index in [-0.39, 0.29) is 0 Å². The summed E-state index contributed by atoms with van der Waals surface area (Å²) in [6.07, 6.45) is 14.0. The van der Waals surface area contributed by atoms with Crippen LogP contribution in [0.2, 0.25) is 0 Å². The molecule has 0 radical (unpaired) electrons. The number of unbranched alkanes of at least 4 members (excludes halogenated alkanes) is 3. The largest absolute Gasteiger partial charge is 0.493 e. The molecule has 226 valence electrons. The van der Waals surface area contributed by atoms with Crippen LogP contribution in [0, 0.1) is 0 Å². The van der Waals surface area contributed by atoms with Gasteiger partial charge in [0.2, 0.25) is 5.75 Å². The molecule has 0 aliphatic carbocycles. The Hall–Kier alpha value is -3.82. The highest BCUT2D eigenvalue weighted by Gasteiger charge is 2.18. The van der Waals surface area contributed by atoms with Crippen LogP contribution in [-0.2, 0) is 6.42 Å². The van der Waals surface area contributed by atoms with Crippen LogP contribution in [0.15, 0.2) is 45.3 Å². The van der Waals surface area contributed by atoms with E-state index in [2.05, 4.69) is 97.3 Å². The summed E-state index contributed by atoms with van der Waals surface area (Å²) in [5.41, 5.74) is 10.3. The van der Waals surface area contributed by atoms with Gasteiger partial charge in [0.25, 0.3) is 0 Å². The van der Waals surface area contributed by atoms with Gasteiger partial charge in [-0.1, -0.05) is 26.2 Å². The maximum absolute atomic E-state index is 5.71. The Bertz CT molecular complexity index is 1830. The van der Waals surface area contributed by atoms with Crippen LogP contribution in [0.5, 0.6) is 17.2 Å². The van der Waals surface area contributed by atoms with Gasteiger partial charge in [-0.3, -0.25) is 0 Å². The van der Waals surface area contributed by atoms with Crippen molar-refractivity contribution in [1.29, 1.82) is 0 Å². The molecule has 7 nitrogen and oxygen atoms in total. The summed E-state index contributed by atoms with van der Waals surface area (Å²) in [7, 11) is 4.85. The van der Waals surface area contributed by atoms with Gasteiger partial charge in [0.05, 0.1) is 64.1 Å². The fourth-order valence-corrected chi connectivity index (χ4v) is 6.62. The van der Waals surface area contributed by atoms with Crippen LogP contribution in [0.3, 0.4) is 0 Å². The van der Waals surface area contributed by atoms with E-state index in [0.29, 0.717) is 17.2 Å². The first kappa shape index (κ1) is 30.2. The van der Waals surface area contributed by atoms with Crippen LogP contribution in [-0.4, -0.2) is 41.3 Å². The molecule has 0 unspecified atom stereocenters. The molecule has 0 fully saturated rings. The summed E-state index contributed by atoms with van der Waals surface area (Å²) in [6.45, 7) is 2.24. The van der Waals surface area contributed by atoms with Crippen LogP contribution in [0.25, 0.3) is 57.5 Å². The number of halogens is 2. The minimum Gasteiger partial charge on any atom is -0.493 e. The lowest BCUT2D eigenvalue weighted by Crippen LogP contribution is -1.96. The molecule has 1 aromatic carbocycles. The third kappa shape index (κ3) is 5.71. The van der Waals surface area contributed by atoms with E-state index in [0.717, 1.165) is 77.8 Å². The summed E-state index contributed by atoms with van der Waals surface area (Å²) in [5, 5.41) is 0. The van der Waals surface area contributed by atoms with Gasteiger partial charge in [-0.2, -0.15) is 0 Å². The van der Waals surface area contributed by atoms with Crippen molar-refractivity contribution in [2.75, 3.05) is 21.3 Å². The molecule has 2 aliphatic rings. The fraction of sp³-hybridized carbons (Fsp3) is 0.257. The Labute approximate surface area is 273 Å². The van der Waals surface area contributed by atoms with E-state index >= 15 is 0 Å². The molecule has 6 rings (SSSR count). The zero-order valence-corrected chi connectivity index (χ0v) is 28.4. The van der Waals surface area contributed by atoms with Crippen molar-refractivity contribution < 1.29 is 14.2 Å². The maximum Gasteiger partial charge on any atom is 0.203 e. The molecule has 8 bridgehead atoms. The Balaban J connectivity index is 1.67. The maximum atomic E-state index is 5.71. The van der Waals surface area contributed by atoms with E-state index in [1.165, 1.54) is 24.8 Å². The number of nitrogens with one attached hydrogen (secondary N) is 2. The number of H-pyrrole nitrogens is 2. The van der Waals surface area contributed by atoms with Crippen molar-refractivity contribution in [2.24, 2.45) is 0 Å². The number of hydrogen-bond acceptors (Lipinski definition) is 5. The number of ether oxygens (including phenoxy) is 3. The molecule has 4 aromatic rings. The molecule has 3 aromatic heterocycles. The normalized spacial score (nSPS) is 12.1. The molecular weight excluding hydrogens is 684 g/mol. The van der Waals surface area contributed by atoms with Gasteiger partial charge in [-0.25, -0.2) is 9.97 Å². The van der Waals surface area contributed by atoms with E-state index in [4.69, 9.17) is 24.2 Å². The molecule has 0 saturated heterocycles. The highest BCUT2D eigenvalue weighted by atomic mass is 79.9. The molecule has 9 heteroatoms. The number of aromatic amines is 2. The number of benzene rings is 1. The smallest absolute Gasteiger partial charge is 0.203 e. The second kappa shape index (κ2) is 13.0. The fourth-order valence-electron chi connectivity index (χ4n) is 5.72. The number of nitrogens with zero attached hydrogens (tertiary/aromatic N) is 2. The predicted octanol–water partition coefficient (Wildman–Crippen LogP) is 10.00. The first-order valence-electron chi connectivity index (χ1n) is 14.7. The molecule has 0 spiro atoms. The summed E-state index contributed by atoms with van der Waals surface area (Å²) in [5.74, 6) is 1.69. The van der Waals surface area contributed by atoms with E-state index in [1.54, 1.807) is 21.3 Å². The molecular formula is C35H34Br2N4O3. The monoisotopic (exact) mass is 716 g/mol. The predicted molar refractivity (Wildman–Crippen MR) is 187 cm³/mol. The van der Waals surface area contributed by atoms with Crippen molar-refractivity contribution in [1.82, 2.24) is 19.9 Å². The van der Waals surface area contributed by atoms with E-state index < -0.39 is 0 Å². The summed E-state index contributed by atoms with van der Waals surface area (Å²) >= 11 is 7.71. The zero-order chi connectivity index (χ0) is 30.8. The first-order chi connectivity index (χ1) is 21.4. The Morgan fingerprint density at radius 1 is 0.636 bits per heavy atom. The standard InChI is InChI=1S/C35H34Br2N4O3/c1-5-6-7-8-9-21-22-10-14-26(38-22)33(36)28-16-12-24(40-28)32(20-18-30(42-2)35(44-4)31(19-20)43-3)25-13-17-29(41-25)34(37)27-15-11-23(21)39-27/h10-19,40-41H,5-9H2,1-4H3.